The van der Waals surface area contributed by atoms with Crippen LogP contribution in [0.25, 0.3) is 0 Å². The van der Waals surface area contributed by atoms with Crippen molar-refractivity contribution in [1.29, 1.82) is 0 Å². The molecule has 0 atom stereocenters. The van der Waals surface area contributed by atoms with Gasteiger partial charge in [0.25, 0.3) is 5.91 Å². The Morgan fingerprint density at radius 2 is 1.95 bits per heavy atom. The highest BCUT2D eigenvalue weighted by molar-refractivity contribution is 5.98. The molecule has 0 radical (unpaired) electrons. The Labute approximate surface area is 110 Å². The minimum absolute atomic E-state index is 0.214. The van der Waals surface area contributed by atoms with E-state index in [1.54, 1.807) is 12.1 Å². The van der Waals surface area contributed by atoms with Crippen LogP contribution in [0.2, 0.25) is 0 Å². The van der Waals surface area contributed by atoms with Crippen molar-refractivity contribution in [2.24, 2.45) is 0 Å². The third-order valence-corrected chi connectivity index (χ3v) is 2.85. The molecule has 0 spiro atoms. The summed E-state index contributed by atoms with van der Waals surface area (Å²) in [5.74, 6) is -1.31. The molecule has 1 aliphatic heterocycles. The number of nitrogens with two attached hydrogens (primary N) is 1. The van der Waals surface area contributed by atoms with Crippen molar-refractivity contribution in [3.8, 4) is 0 Å². The molecule has 0 aromatic heterocycles. The van der Waals surface area contributed by atoms with E-state index in [2.05, 4.69) is 0 Å². The number of amides is 2. The number of hydrogen-bond donors (Lipinski definition) is 1. The summed E-state index contributed by atoms with van der Waals surface area (Å²) in [5, 5.41) is 0. The van der Waals surface area contributed by atoms with E-state index in [0.717, 1.165) is 4.90 Å². The van der Waals surface area contributed by atoms with Gasteiger partial charge in [-0.05, 0) is 30.7 Å². The molecule has 1 aliphatic rings. The summed E-state index contributed by atoms with van der Waals surface area (Å²) in [7, 11) is 0. The van der Waals surface area contributed by atoms with E-state index in [1.807, 2.05) is 0 Å². The summed E-state index contributed by atoms with van der Waals surface area (Å²) in [5.41, 5.74) is 6.35. The highest BCUT2D eigenvalue weighted by Crippen LogP contribution is 2.11. The Hall–Kier alpha value is -2.37. The van der Waals surface area contributed by atoms with Crippen LogP contribution >= 0.6 is 0 Å². The number of rotatable bonds is 3. The van der Waals surface area contributed by atoms with Gasteiger partial charge in [-0.3, -0.25) is 14.5 Å². The van der Waals surface area contributed by atoms with Crippen molar-refractivity contribution in [1.82, 2.24) is 4.90 Å². The first-order valence-electron chi connectivity index (χ1n) is 5.94. The predicted octanol–water partition coefficient (Wildman–Crippen LogP) is 0.575. The molecule has 2 N–H and O–H groups in total. The lowest BCUT2D eigenvalue weighted by Crippen LogP contribution is -2.35. The van der Waals surface area contributed by atoms with Crippen LogP contribution < -0.4 is 5.73 Å². The molecular weight excluding hydrogens is 248 g/mol. The fourth-order valence-corrected chi connectivity index (χ4v) is 1.82. The minimum Gasteiger partial charge on any atom is -0.452 e. The number of carbonyl (C=O) groups excluding carboxylic acids is 3. The number of likely N-dealkylation sites (tertiary alicyclic amines) is 1. The number of nitrogens with zero attached hydrogens (tertiary/aromatic N) is 1. The number of esters is 1. The lowest BCUT2D eigenvalue weighted by atomic mass is 10.2. The van der Waals surface area contributed by atoms with Crippen molar-refractivity contribution < 1.29 is 19.1 Å². The second-order valence-electron chi connectivity index (χ2n) is 4.24. The number of anilines is 1. The number of carbonyl (C=O) groups is 3. The molecular formula is C13H14N2O4. The van der Waals surface area contributed by atoms with Crippen molar-refractivity contribution in [3.63, 3.8) is 0 Å². The zero-order valence-electron chi connectivity index (χ0n) is 10.3. The fourth-order valence-electron chi connectivity index (χ4n) is 1.82. The van der Waals surface area contributed by atoms with Crippen LogP contribution in [0.15, 0.2) is 24.3 Å². The van der Waals surface area contributed by atoms with Gasteiger partial charge >= 0.3 is 5.97 Å². The number of ether oxygens (including phenoxy) is 1. The molecule has 0 bridgehead atoms. The number of imide groups is 1. The van der Waals surface area contributed by atoms with E-state index < -0.39 is 18.5 Å². The summed E-state index contributed by atoms with van der Waals surface area (Å²) in [6.45, 7) is -0.0218. The van der Waals surface area contributed by atoms with Crippen LogP contribution in [0, 0.1) is 0 Å². The van der Waals surface area contributed by atoms with Gasteiger partial charge in [0, 0.05) is 18.7 Å². The normalized spacial score (nSPS) is 14.5. The molecule has 2 amide bonds. The average Bonchev–Trinajstić information content (AvgIpc) is 2.83. The first-order valence-corrected chi connectivity index (χ1v) is 5.94. The lowest BCUT2D eigenvalue weighted by molar-refractivity contribution is -0.143. The van der Waals surface area contributed by atoms with Gasteiger partial charge in [0.05, 0.1) is 5.56 Å². The SMILES string of the molecule is Nc1ccc(C(=O)OCC(=O)N2CCCC2=O)cc1. The van der Waals surface area contributed by atoms with Gasteiger partial charge in [0.2, 0.25) is 5.91 Å². The van der Waals surface area contributed by atoms with E-state index in [1.165, 1.54) is 12.1 Å². The zero-order valence-corrected chi connectivity index (χ0v) is 10.3. The van der Waals surface area contributed by atoms with Crippen LogP contribution in [-0.2, 0) is 14.3 Å². The molecule has 1 aromatic rings. The molecule has 1 fully saturated rings. The molecule has 19 heavy (non-hydrogen) atoms. The maximum atomic E-state index is 11.7. The van der Waals surface area contributed by atoms with Crippen LogP contribution in [0.3, 0.4) is 0 Å². The monoisotopic (exact) mass is 262 g/mol. The van der Waals surface area contributed by atoms with Crippen LogP contribution in [0.4, 0.5) is 5.69 Å². The van der Waals surface area contributed by atoms with Crippen LogP contribution in [0.5, 0.6) is 0 Å². The number of benzene rings is 1. The number of hydrogen-bond acceptors (Lipinski definition) is 5. The molecule has 100 valence electrons. The van der Waals surface area contributed by atoms with Crippen molar-refractivity contribution >= 4 is 23.5 Å². The molecule has 0 aliphatic carbocycles. The quantitative estimate of drug-likeness (QED) is 0.635. The maximum absolute atomic E-state index is 11.7. The van der Waals surface area contributed by atoms with Crippen molar-refractivity contribution in [2.75, 3.05) is 18.9 Å². The van der Waals surface area contributed by atoms with Crippen LogP contribution in [-0.4, -0.2) is 35.8 Å². The van der Waals surface area contributed by atoms with E-state index in [4.69, 9.17) is 10.5 Å². The Kier molecular flexibility index (Phi) is 3.79. The first-order chi connectivity index (χ1) is 9.08. The summed E-state index contributed by atoms with van der Waals surface area (Å²) < 4.78 is 4.87. The standard InChI is InChI=1S/C13H14N2O4/c14-10-5-3-9(4-6-10)13(18)19-8-12(17)15-7-1-2-11(15)16/h3-6H,1-2,7-8,14H2. The topological polar surface area (TPSA) is 89.7 Å². The highest BCUT2D eigenvalue weighted by atomic mass is 16.5. The predicted molar refractivity (Wildman–Crippen MR) is 67.1 cm³/mol. The molecule has 2 rings (SSSR count). The summed E-state index contributed by atoms with van der Waals surface area (Å²) >= 11 is 0. The van der Waals surface area contributed by atoms with Gasteiger partial charge in [-0.15, -0.1) is 0 Å². The van der Waals surface area contributed by atoms with Gasteiger partial charge in [0.1, 0.15) is 0 Å². The van der Waals surface area contributed by atoms with Gasteiger partial charge in [0.15, 0.2) is 6.61 Å². The second-order valence-corrected chi connectivity index (χ2v) is 4.24. The van der Waals surface area contributed by atoms with E-state index in [-0.39, 0.29) is 5.91 Å². The minimum atomic E-state index is -0.611. The first kappa shape index (κ1) is 13.1. The van der Waals surface area contributed by atoms with Gasteiger partial charge in [-0.1, -0.05) is 0 Å². The summed E-state index contributed by atoms with van der Waals surface area (Å²) in [6.07, 6.45) is 1.04. The van der Waals surface area contributed by atoms with E-state index in [0.29, 0.717) is 30.6 Å². The molecule has 6 heteroatoms. The fraction of sp³-hybridized carbons (Fsp3) is 0.308. The van der Waals surface area contributed by atoms with Gasteiger partial charge in [-0.25, -0.2) is 4.79 Å². The van der Waals surface area contributed by atoms with Crippen LogP contribution in [0.1, 0.15) is 23.2 Å². The molecule has 6 nitrogen and oxygen atoms in total. The maximum Gasteiger partial charge on any atom is 0.338 e. The van der Waals surface area contributed by atoms with Crippen molar-refractivity contribution in [2.45, 2.75) is 12.8 Å². The zero-order chi connectivity index (χ0) is 13.8. The summed E-state index contributed by atoms with van der Waals surface area (Å²) in [4.78, 5) is 35.7. The third kappa shape index (κ3) is 3.09. The average molecular weight is 262 g/mol. The molecule has 1 heterocycles. The Morgan fingerprint density at radius 1 is 1.26 bits per heavy atom. The van der Waals surface area contributed by atoms with E-state index >= 15 is 0 Å². The smallest absolute Gasteiger partial charge is 0.338 e. The number of nitrogen functional groups attached to an aromatic ring is 1. The third-order valence-electron chi connectivity index (χ3n) is 2.85. The van der Waals surface area contributed by atoms with Gasteiger partial charge in [-0.2, -0.15) is 0 Å². The van der Waals surface area contributed by atoms with Crippen molar-refractivity contribution in [3.05, 3.63) is 29.8 Å². The largest absolute Gasteiger partial charge is 0.452 e. The molecule has 0 saturated carbocycles. The Balaban J connectivity index is 1.88. The van der Waals surface area contributed by atoms with Gasteiger partial charge < -0.3 is 10.5 Å². The second kappa shape index (κ2) is 5.51. The lowest BCUT2D eigenvalue weighted by Gasteiger charge is -2.13. The van der Waals surface area contributed by atoms with E-state index in [9.17, 15) is 14.4 Å². The summed E-state index contributed by atoms with van der Waals surface area (Å²) in [6, 6.07) is 6.18. The Bertz CT molecular complexity index is 510. The highest BCUT2D eigenvalue weighted by Gasteiger charge is 2.27. The molecule has 1 saturated heterocycles. The Morgan fingerprint density at radius 3 is 2.53 bits per heavy atom. The molecule has 1 aromatic carbocycles. The molecule has 0 unspecified atom stereocenters.